The normalized spacial score (nSPS) is 10.2. The monoisotopic (exact) mass is 184 g/mol. The summed E-state index contributed by atoms with van der Waals surface area (Å²) in [6.07, 6.45) is 3.66. The molecule has 0 saturated heterocycles. The van der Waals surface area contributed by atoms with Crippen LogP contribution in [-0.2, 0) is 0 Å². The van der Waals surface area contributed by atoms with Gasteiger partial charge in [0.1, 0.15) is 0 Å². The summed E-state index contributed by atoms with van der Waals surface area (Å²) >= 11 is 0. The van der Waals surface area contributed by atoms with Gasteiger partial charge in [0.15, 0.2) is 0 Å². The molecule has 2 N–H and O–H groups in total. The molecule has 0 atom stereocenters. The van der Waals surface area contributed by atoms with Crippen molar-refractivity contribution in [1.29, 1.82) is 0 Å². The second-order valence-corrected chi connectivity index (χ2v) is 3.87. The lowest BCUT2D eigenvalue weighted by Gasteiger charge is -2.11. The molecule has 0 saturated carbocycles. The molecule has 0 aromatic rings. The van der Waals surface area contributed by atoms with Crippen molar-refractivity contribution in [2.75, 3.05) is 13.1 Å². The van der Waals surface area contributed by atoms with Crippen LogP contribution in [0.3, 0.4) is 0 Å². The third kappa shape index (κ3) is 9.25. The summed E-state index contributed by atoms with van der Waals surface area (Å²) in [4.78, 5) is 0. The van der Waals surface area contributed by atoms with Crippen LogP contribution in [0.5, 0.6) is 0 Å². The summed E-state index contributed by atoms with van der Waals surface area (Å²) in [6, 6.07) is 0. The van der Waals surface area contributed by atoms with Gasteiger partial charge in [0.25, 0.3) is 0 Å². The Balaban J connectivity index is 3.17. The topological polar surface area (TPSA) is 24.1 Å². The van der Waals surface area contributed by atoms with E-state index in [9.17, 15) is 0 Å². The van der Waals surface area contributed by atoms with Crippen LogP contribution in [-0.4, -0.2) is 13.1 Å². The van der Waals surface area contributed by atoms with Crippen LogP contribution in [0.1, 0.15) is 40.0 Å². The van der Waals surface area contributed by atoms with Crippen LogP contribution in [0.4, 0.5) is 0 Å². The molecule has 0 aliphatic carbocycles. The van der Waals surface area contributed by atoms with E-state index in [1.807, 2.05) is 0 Å². The van der Waals surface area contributed by atoms with E-state index in [0.29, 0.717) is 0 Å². The van der Waals surface area contributed by atoms with Crippen LogP contribution in [0.25, 0.3) is 0 Å². The summed E-state index contributed by atoms with van der Waals surface area (Å²) in [6.45, 7) is 12.6. The van der Waals surface area contributed by atoms with Gasteiger partial charge in [0, 0.05) is 13.1 Å². The van der Waals surface area contributed by atoms with Gasteiger partial charge in [-0.15, -0.1) is 0 Å². The van der Waals surface area contributed by atoms with E-state index in [-0.39, 0.29) is 0 Å². The van der Waals surface area contributed by atoms with E-state index in [2.05, 4.69) is 38.0 Å². The lowest BCUT2D eigenvalue weighted by atomic mass is 10.1. The Hall–Kier alpha value is -0.660. The van der Waals surface area contributed by atoms with Gasteiger partial charge < -0.3 is 10.6 Å². The molecule has 0 radical (unpaired) electrons. The molecule has 0 fully saturated rings. The molecular weight excluding hydrogens is 160 g/mol. The average molecular weight is 184 g/mol. The summed E-state index contributed by atoms with van der Waals surface area (Å²) in [5.74, 6) is 1.77. The highest BCUT2D eigenvalue weighted by Crippen LogP contribution is 2.01. The molecule has 0 bridgehead atoms. The Kier molecular flexibility index (Phi) is 7.56. The van der Waals surface area contributed by atoms with Crippen LogP contribution < -0.4 is 10.6 Å². The summed E-state index contributed by atoms with van der Waals surface area (Å²) in [5, 5.41) is 6.48. The molecular formula is C11H24N2. The Morgan fingerprint density at radius 2 is 1.85 bits per heavy atom. The van der Waals surface area contributed by atoms with Gasteiger partial charge in [-0.1, -0.05) is 27.4 Å². The van der Waals surface area contributed by atoms with Gasteiger partial charge >= 0.3 is 0 Å². The molecule has 0 aromatic heterocycles. The van der Waals surface area contributed by atoms with Gasteiger partial charge in [-0.2, -0.15) is 0 Å². The van der Waals surface area contributed by atoms with Crippen molar-refractivity contribution in [3.05, 3.63) is 12.4 Å². The smallest absolute Gasteiger partial charge is 0.0912 e. The molecule has 0 aliphatic heterocycles. The fraction of sp³-hybridized carbons (Fsp3) is 0.818. The third-order valence-corrected chi connectivity index (χ3v) is 1.89. The van der Waals surface area contributed by atoms with Crippen LogP contribution in [0.15, 0.2) is 12.4 Å². The Labute approximate surface area is 82.8 Å². The SMILES string of the molecule is C=C(NCCC)NCCCC(C)C. The fourth-order valence-electron chi connectivity index (χ4n) is 1.09. The lowest BCUT2D eigenvalue weighted by molar-refractivity contribution is 0.535. The maximum atomic E-state index is 3.89. The number of hydrogen-bond donors (Lipinski definition) is 2. The molecule has 0 rings (SSSR count). The molecule has 0 aliphatic rings. The Morgan fingerprint density at radius 1 is 1.23 bits per heavy atom. The number of hydrogen-bond acceptors (Lipinski definition) is 2. The highest BCUT2D eigenvalue weighted by molar-refractivity contribution is 4.86. The molecule has 0 heterocycles. The van der Waals surface area contributed by atoms with Crippen molar-refractivity contribution >= 4 is 0 Å². The van der Waals surface area contributed by atoms with Crippen LogP contribution in [0, 0.1) is 5.92 Å². The standard InChI is InChI=1S/C11H24N2/c1-5-8-12-11(4)13-9-6-7-10(2)3/h10,12-13H,4-9H2,1-3H3. The fourth-order valence-corrected chi connectivity index (χ4v) is 1.09. The van der Waals surface area contributed by atoms with E-state index in [1.54, 1.807) is 0 Å². The van der Waals surface area contributed by atoms with E-state index in [0.717, 1.165) is 31.2 Å². The van der Waals surface area contributed by atoms with Crippen molar-refractivity contribution < 1.29 is 0 Å². The van der Waals surface area contributed by atoms with Crippen molar-refractivity contribution in [2.45, 2.75) is 40.0 Å². The Bertz CT molecular complexity index is 130. The van der Waals surface area contributed by atoms with Gasteiger partial charge in [0.05, 0.1) is 5.82 Å². The molecule has 2 nitrogen and oxygen atoms in total. The predicted octanol–water partition coefficient (Wildman–Crippen LogP) is 2.48. The zero-order chi connectivity index (χ0) is 10.1. The predicted molar refractivity (Wildman–Crippen MR) is 59.5 cm³/mol. The van der Waals surface area contributed by atoms with E-state index >= 15 is 0 Å². The molecule has 0 spiro atoms. The van der Waals surface area contributed by atoms with Gasteiger partial charge in [-0.05, 0) is 25.2 Å². The largest absolute Gasteiger partial charge is 0.372 e. The minimum atomic E-state index is 0.804. The molecule has 13 heavy (non-hydrogen) atoms. The molecule has 78 valence electrons. The van der Waals surface area contributed by atoms with Crippen molar-refractivity contribution in [2.24, 2.45) is 5.92 Å². The zero-order valence-electron chi connectivity index (χ0n) is 9.32. The van der Waals surface area contributed by atoms with Crippen LogP contribution in [0.2, 0.25) is 0 Å². The average Bonchev–Trinajstić information content (AvgIpc) is 2.08. The third-order valence-electron chi connectivity index (χ3n) is 1.89. The van der Waals surface area contributed by atoms with Crippen molar-refractivity contribution in [1.82, 2.24) is 10.6 Å². The molecule has 2 heteroatoms. The maximum Gasteiger partial charge on any atom is 0.0912 e. The molecule has 0 unspecified atom stereocenters. The summed E-state index contributed by atoms with van der Waals surface area (Å²) < 4.78 is 0. The zero-order valence-corrected chi connectivity index (χ0v) is 9.32. The first-order valence-electron chi connectivity index (χ1n) is 5.33. The molecule has 0 amide bonds. The number of rotatable bonds is 8. The van der Waals surface area contributed by atoms with Crippen molar-refractivity contribution in [3.63, 3.8) is 0 Å². The molecule has 0 aromatic carbocycles. The quantitative estimate of drug-likeness (QED) is 0.566. The minimum absolute atomic E-state index is 0.804. The minimum Gasteiger partial charge on any atom is -0.372 e. The first-order valence-corrected chi connectivity index (χ1v) is 5.33. The van der Waals surface area contributed by atoms with E-state index < -0.39 is 0 Å². The summed E-state index contributed by atoms with van der Waals surface area (Å²) in [7, 11) is 0. The maximum absolute atomic E-state index is 3.89. The second-order valence-electron chi connectivity index (χ2n) is 3.87. The highest BCUT2D eigenvalue weighted by atomic mass is 15.1. The Morgan fingerprint density at radius 3 is 2.38 bits per heavy atom. The van der Waals surface area contributed by atoms with Crippen LogP contribution >= 0.6 is 0 Å². The van der Waals surface area contributed by atoms with Gasteiger partial charge in [-0.25, -0.2) is 0 Å². The van der Waals surface area contributed by atoms with Gasteiger partial charge in [-0.3, -0.25) is 0 Å². The summed E-state index contributed by atoms with van der Waals surface area (Å²) in [5.41, 5.74) is 0. The highest BCUT2D eigenvalue weighted by Gasteiger charge is 1.94. The lowest BCUT2D eigenvalue weighted by Crippen LogP contribution is -2.26. The first kappa shape index (κ1) is 12.3. The van der Waals surface area contributed by atoms with Crippen molar-refractivity contribution in [3.8, 4) is 0 Å². The van der Waals surface area contributed by atoms with E-state index in [4.69, 9.17) is 0 Å². The number of nitrogens with one attached hydrogen (secondary N) is 2. The van der Waals surface area contributed by atoms with E-state index in [1.165, 1.54) is 12.8 Å². The van der Waals surface area contributed by atoms with Gasteiger partial charge in [0.2, 0.25) is 0 Å². The second kappa shape index (κ2) is 7.96. The first-order chi connectivity index (χ1) is 6.16.